The van der Waals surface area contributed by atoms with E-state index in [1.54, 1.807) is 4.90 Å². The molecule has 0 heterocycles. The van der Waals surface area contributed by atoms with E-state index in [9.17, 15) is 9.59 Å². The summed E-state index contributed by atoms with van der Waals surface area (Å²) in [5, 5.41) is 0. The van der Waals surface area contributed by atoms with E-state index < -0.39 is 11.8 Å². The van der Waals surface area contributed by atoms with Crippen molar-refractivity contribution >= 4 is 11.8 Å². The van der Waals surface area contributed by atoms with Gasteiger partial charge in [0.15, 0.2) is 0 Å². The van der Waals surface area contributed by atoms with Crippen molar-refractivity contribution in [2.45, 2.75) is 19.3 Å². The van der Waals surface area contributed by atoms with Gasteiger partial charge in [-0.05, 0) is 43.5 Å². The molecule has 0 aliphatic heterocycles. The van der Waals surface area contributed by atoms with Crippen LogP contribution >= 0.6 is 0 Å². The fourth-order valence-electron chi connectivity index (χ4n) is 2.17. The lowest BCUT2D eigenvalue weighted by Crippen LogP contribution is -2.41. The van der Waals surface area contributed by atoms with Crippen LogP contribution in [0.15, 0.2) is 24.3 Å². The van der Waals surface area contributed by atoms with E-state index in [1.807, 2.05) is 24.3 Å². The molecule has 1 rings (SSSR count). The van der Waals surface area contributed by atoms with Gasteiger partial charge >= 0.3 is 0 Å². The van der Waals surface area contributed by atoms with Gasteiger partial charge in [-0.25, -0.2) is 0 Å². The Kier molecular flexibility index (Phi) is 8.71. The molecule has 0 unspecified atom stereocenters. The minimum absolute atomic E-state index is 0.0214. The molecular weight excluding hydrogens is 296 g/mol. The molecule has 7 nitrogen and oxygen atoms in total. The van der Waals surface area contributed by atoms with E-state index in [0.717, 1.165) is 25.0 Å². The van der Waals surface area contributed by atoms with Crippen molar-refractivity contribution in [3.63, 3.8) is 0 Å². The molecule has 0 bridgehead atoms. The van der Waals surface area contributed by atoms with Gasteiger partial charge in [-0.1, -0.05) is 12.1 Å². The molecule has 0 radical (unpaired) electrons. The molecule has 2 amide bonds. The second-order valence-corrected chi connectivity index (χ2v) is 5.38. The molecule has 128 valence electrons. The van der Waals surface area contributed by atoms with Crippen molar-refractivity contribution in [3.05, 3.63) is 29.8 Å². The summed E-state index contributed by atoms with van der Waals surface area (Å²) < 4.78 is 5.61. The Bertz CT molecular complexity index is 475. The summed E-state index contributed by atoms with van der Waals surface area (Å²) in [5.74, 6) is -0.271. The number of nitrogens with two attached hydrogens (primary N) is 3. The van der Waals surface area contributed by atoms with Gasteiger partial charge in [-0.3, -0.25) is 14.5 Å². The lowest BCUT2D eigenvalue weighted by atomic mass is 10.1. The first-order valence-electron chi connectivity index (χ1n) is 7.72. The van der Waals surface area contributed by atoms with E-state index >= 15 is 0 Å². The first kappa shape index (κ1) is 18.9. The zero-order chi connectivity index (χ0) is 17.1. The highest BCUT2D eigenvalue weighted by molar-refractivity contribution is 5.79. The number of amides is 2. The van der Waals surface area contributed by atoms with Crippen LogP contribution in [0.3, 0.4) is 0 Å². The van der Waals surface area contributed by atoms with Crippen molar-refractivity contribution in [1.29, 1.82) is 0 Å². The van der Waals surface area contributed by atoms with Crippen LogP contribution in [0.4, 0.5) is 0 Å². The largest absolute Gasteiger partial charge is 0.492 e. The molecule has 1 aromatic rings. The lowest BCUT2D eigenvalue weighted by Gasteiger charge is -2.19. The van der Waals surface area contributed by atoms with Crippen LogP contribution in [0, 0.1) is 0 Å². The number of nitrogens with zero attached hydrogens (tertiary/aromatic N) is 1. The summed E-state index contributed by atoms with van der Waals surface area (Å²) in [6, 6.07) is 7.86. The molecule has 23 heavy (non-hydrogen) atoms. The number of carbonyl (C=O) groups is 2. The predicted octanol–water partition coefficient (Wildman–Crippen LogP) is -0.381. The average Bonchev–Trinajstić information content (AvgIpc) is 2.48. The number of ether oxygens (including phenoxy) is 1. The van der Waals surface area contributed by atoms with Gasteiger partial charge in [0.2, 0.25) is 11.8 Å². The Morgan fingerprint density at radius 2 is 1.61 bits per heavy atom. The van der Waals surface area contributed by atoms with Gasteiger partial charge in [0.25, 0.3) is 0 Å². The van der Waals surface area contributed by atoms with Crippen LogP contribution in [0.1, 0.15) is 18.4 Å². The average molecular weight is 322 g/mol. The molecule has 0 fully saturated rings. The summed E-state index contributed by atoms with van der Waals surface area (Å²) >= 11 is 0. The van der Waals surface area contributed by atoms with Crippen molar-refractivity contribution in [1.82, 2.24) is 4.90 Å². The fourth-order valence-corrected chi connectivity index (χ4v) is 2.17. The lowest BCUT2D eigenvalue weighted by molar-refractivity contribution is -0.122. The third kappa shape index (κ3) is 8.80. The van der Waals surface area contributed by atoms with Crippen LogP contribution < -0.4 is 21.9 Å². The van der Waals surface area contributed by atoms with Crippen LogP contribution in [0.25, 0.3) is 0 Å². The third-order valence-electron chi connectivity index (χ3n) is 3.28. The number of unbranched alkanes of at least 4 members (excludes halogenated alkanes) is 1. The minimum Gasteiger partial charge on any atom is -0.492 e. The smallest absolute Gasteiger partial charge is 0.231 e. The summed E-state index contributed by atoms with van der Waals surface area (Å²) in [6.45, 7) is 1.41. The fraction of sp³-hybridized carbons (Fsp3) is 0.500. The minimum atomic E-state index is -0.506. The molecule has 0 spiro atoms. The molecule has 1 aromatic carbocycles. The van der Waals surface area contributed by atoms with E-state index in [1.165, 1.54) is 5.56 Å². The summed E-state index contributed by atoms with van der Waals surface area (Å²) in [7, 11) is 0. The molecule has 7 heteroatoms. The van der Waals surface area contributed by atoms with Gasteiger partial charge in [0, 0.05) is 6.54 Å². The number of aryl methyl sites for hydroxylation is 1. The number of rotatable bonds is 12. The maximum atomic E-state index is 10.9. The number of primary amides is 2. The quantitative estimate of drug-likeness (QED) is 0.452. The Labute approximate surface area is 136 Å². The highest BCUT2D eigenvalue weighted by Gasteiger charge is 2.11. The molecule has 6 N–H and O–H groups in total. The van der Waals surface area contributed by atoms with Crippen LogP contribution in [0.2, 0.25) is 0 Å². The molecule has 0 aromatic heterocycles. The number of hydrogen-bond donors (Lipinski definition) is 3. The SMILES string of the molecule is NCCCCc1ccc(OCCN(CC(N)=O)CC(N)=O)cc1. The van der Waals surface area contributed by atoms with E-state index in [0.29, 0.717) is 19.7 Å². The maximum Gasteiger partial charge on any atom is 0.231 e. The zero-order valence-electron chi connectivity index (χ0n) is 13.4. The molecule has 0 aliphatic rings. The highest BCUT2D eigenvalue weighted by Crippen LogP contribution is 2.13. The van der Waals surface area contributed by atoms with Gasteiger partial charge < -0.3 is 21.9 Å². The molecular formula is C16H26N4O3. The molecule has 0 atom stereocenters. The highest BCUT2D eigenvalue weighted by atomic mass is 16.5. The van der Waals surface area contributed by atoms with Crippen molar-refractivity contribution in [2.75, 3.05) is 32.8 Å². The summed E-state index contributed by atoms with van der Waals surface area (Å²) in [6.07, 6.45) is 3.10. The van der Waals surface area contributed by atoms with Crippen LogP contribution in [-0.2, 0) is 16.0 Å². The Morgan fingerprint density at radius 3 is 2.13 bits per heavy atom. The summed E-state index contributed by atoms with van der Waals surface area (Å²) in [4.78, 5) is 23.5. The van der Waals surface area contributed by atoms with Crippen molar-refractivity contribution < 1.29 is 14.3 Å². The second kappa shape index (κ2) is 10.6. The van der Waals surface area contributed by atoms with Crippen molar-refractivity contribution in [3.8, 4) is 5.75 Å². The maximum absolute atomic E-state index is 10.9. The predicted molar refractivity (Wildman–Crippen MR) is 88.8 cm³/mol. The van der Waals surface area contributed by atoms with Gasteiger partial charge in [0.05, 0.1) is 13.1 Å². The Hall–Kier alpha value is -2.12. The number of benzene rings is 1. The molecule has 0 saturated carbocycles. The molecule has 0 aliphatic carbocycles. The normalized spacial score (nSPS) is 10.7. The number of carbonyl (C=O) groups excluding carboxylic acids is 2. The third-order valence-corrected chi connectivity index (χ3v) is 3.28. The van der Waals surface area contributed by atoms with Crippen LogP contribution in [0.5, 0.6) is 5.75 Å². The first-order chi connectivity index (χ1) is 11.0. The topological polar surface area (TPSA) is 125 Å². The summed E-state index contributed by atoms with van der Waals surface area (Å²) in [5.41, 5.74) is 17.0. The van der Waals surface area contributed by atoms with Gasteiger partial charge in [0.1, 0.15) is 12.4 Å². The van der Waals surface area contributed by atoms with Gasteiger partial charge in [-0.15, -0.1) is 0 Å². The van der Waals surface area contributed by atoms with Crippen molar-refractivity contribution in [2.24, 2.45) is 17.2 Å². The molecule has 0 saturated heterocycles. The monoisotopic (exact) mass is 322 g/mol. The second-order valence-electron chi connectivity index (χ2n) is 5.38. The standard InChI is InChI=1S/C16H26N4O3/c17-8-2-1-3-13-4-6-14(7-5-13)23-10-9-20(11-15(18)21)12-16(19)22/h4-7H,1-3,8-12,17H2,(H2,18,21)(H2,19,22). The van der Waals surface area contributed by atoms with Gasteiger partial charge in [-0.2, -0.15) is 0 Å². The number of hydrogen-bond acceptors (Lipinski definition) is 5. The van der Waals surface area contributed by atoms with Crippen LogP contribution in [-0.4, -0.2) is 49.5 Å². The first-order valence-corrected chi connectivity index (χ1v) is 7.72. The zero-order valence-corrected chi connectivity index (χ0v) is 13.4. The Morgan fingerprint density at radius 1 is 1.00 bits per heavy atom. The Balaban J connectivity index is 2.37. The van der Waals surface area contributed by atoms with E-state index in [4.69, 9.17) is 21.9 Å². The van der Waals surface area contributed by atoms with E-state index in [2.05, 4.69) is 0 Å². The van der Waals surface area contributed by atoms with E-state index in [-0.39, 0.29) is 13.1 Å².